The van der Waals surface area contributed by atoms with Crippen LogP contribution in [0.3, 0.4) is 0 Å². The molecule has 1 atom stereocenters. The molecule has 0 spiro atoms. The second-order valence-corrected chi connectivity index (χ2v) is 4.57. The Hall–Kier alpha value is -1.60. The van der Waals surface area contributed by atoms with Gasteiger partial charge in [0.2, 0.25) is 0 Å². The molecule has 2 heterocycles. The van der Waals surface area contributed by atoms with Crippen molar-refractivity contribution in [2.45, 2.75) is 6.10 Å². The third-order valence-electron chi connectivity index (χ3n) is 3.12. The largest absolute Gasteiger partial charge is 0.366 e. The number of benzene rings is 1. The molecule has 0 bridgehead atoms. The number of hydrogen-bond donors (Lipinski definition) is 3. The van der Waals surface area contributed by atoms with Crippen LogP contribution in [0, 0.1) is 0 Å². The van der Waals surface area contributed by atoms with Crippen molar-refractivity contribution in [1.82, 2.24) is 15.3 Å². The lowest BCUT2D eigenvalue weighted by Gasteiger charge is -2.22. The van der Waals surface area contributed by atoms with Crippen molar-refractivity contribution < 1.29 is 9.53 Å². The third kappa shape index (κ3) is 4.45. The van der Waals surface area contributed by atoms with E-state index in [1.54, 1.807) is 12.4 Å². The van der Waals surface area contributed by atoms with E-state index in [1.165, 1.54) is 0 Å². The molecule has 1 aromatic heterocycles. The van der Waals surface area contributed by atoms with E-state index >= 15 is 0 Å². The van der Waals surface area contributed by atoms with E-state index in [0.29, 0.717) is 13.2 Å². The van der Waals surface area contributed by atoms with Gasteiger partial charge < -0.3 is 20.4 Å². The molecule has 2 aromatic rings. The summed E-state index contributed by atoms with van der Waals surface area (Å²) in [6, 6.07) is 7.55. The lowest BCUT2D eigenvalue weighted by atomic mass is 10.2. The fraction of sp³-hybridized carbons (Fsp3) is 0.286. The molecular formula is C14H18Cl2N4O2. The minimum absolute atomic E-state index is 0. The Bertz CT molecular complexity index is 586. The number of nitrogens with zero attached hydrogens (tertiary/aromatic N) is 1. The van der Waals surface area contributed by atoms with Crippen LogP contribution < -0.4 is 10.6 Å². The van der Waals surface area contributed by atoms with Gasteiger partial charge >= 0.3 is 0 Å². The Labute approximate surface area is 140 Å². The van der Waals surface area contributed by atoms with E-state index < -0.39 is 6.10 Å². The zero-order chi connectivity index (χ0) is 13.8. The average Bonchev–Trinajstić information content (AvgIpc) is 3.03. The van der Waals surface area contributed by atoms with Gasteiger partial charge in [0.25, 0.3) is 5.91 Å². The smallest absolute Gasteiger partial charge is 0.254 e. The fourth-order valence-corrected chi connectivity index (χ4v) is 2.12. The SMILES string of the molecule is Cl.Cl.O=C(Nc1cccc(-c2ncc[nH]2)c1)C1CNCCO1. The molecule has 1 saturated heterocycles. The van der Waals surface area contributed by atoms with Crippen molar-refractivity contribution in [3.05, 3.63) is 36.7 Å². The van der Waals surface area contributed by atoms with Gasteiger partial charge in [-0.3, -0.25) is 4.79 Å². The number of carbonyl (C=O) groups is 1. The molecule has 3 rings (SSSR count). The summed E-state index contributed by atoms with van der Waals surface area (Å²) in [5.41, 5.74) is 1.66. The van der Waals surface area contributed by atoms with Crippen molar-refractivity contribution in [1.29, 1.82) is 0 Å². The number of halogens is 2. The first kappa shape index (κ1) is 18.4. The topological polar surface area (TPSA) is 79.0 Å². The monoisotopic (exact) mass is 344 g/mol. The van der Waals surface area contributed by atoms with Crippen LogP contribution in [0.1, 0.15) is 0 Å². The molecule has 1 aliphatic rings. The predicted molar refractivity (Wildman–Crippen MR) is 89.8 cm³/mol. The van der Waals surface area contributed by atoms with Gasteiger partial charge in [-0.15, -0.1) is 24.8 Å². The Morgan fingerprint density at radius 2 is 2.23 bits per heavy atom. The number of rotatable bonds is 3. The number of nitrogens with one attached hydrogen (secondary N) is 3. The first-order valence-electron chi connectivity index (χ1n) is 6.56. The summed E-state index contributed by atoms with van der Waals surface area (Å²) in [4.78, 5) is 19.3. The van der Waals surface area contributed by atoms with E-state index in [2.05, 4.69) is 20.6 Å². The minimum atomic E-state index is -0.434. The van der Waals surface area contributed by atoms with Gasteiger partial charge in [-0.25, -0.2) is 4.98 Å². The van der Waals surface area contributed by atoms with E-state index in [4.69, 9.17) is 4.74 Å². The lowest BCUT2D eigenvalue weighted by molar-refractivity contribution is -0.128. The van der Waals surface area contributed by atoms with E-state index in [1.807, 2.05) is 24.3 Å². The molecule has 0 radical (unpaired) electrons. The molecule has 22 heavy (non-hydrogen) atoms. The number of anilines is 1. The summed E-state index contributed by atoms with van der Waals surface area (Å²) in [6.45, 7) is 1.89. The molecule has 0 aliphatic carbocycles. The summed E-state index contributed by atoms with van der Waals surface area (Å²) < 4.78 is 5.42. The molecule has 8 heteroatoms. The quantitative estimate of drug-likeness (QED) is 0.793. The highest BCUT2D eigenvalue weighted by Gasteiger charge is 2.21. The van der Waals surface area contributed by atoms with E-state index in [-0.39, 0.29) is 30.7 Å². The van der Waals surface area contributed by atoms with Crippen LogP contribution >= 0.6 is 24.8 Å². The number of hydrogen-bond acceptors (Lipinski definition) is 4. The Kier molecular flexibility index (Phi) is 7.34. The van der Waals surface area contributed by atoms with Gasteiger partial charge in [-0.2, -0.15) is 0 Å². The maximum Gasteiger partial charge on any atom is 0.254 e. The first-order valence-corrected chi connectivity index (χ1v) is 6.56. The van der Waals surface area contributed by atoms with E-state index in [0.717, 1.165) is 23.6 Å². The second kappa shape index (κ2) is 8.75. The number of carbonyl (C=O) groups excluding carboxylic acids is 1. The summed E-state index contributed by atoms with van der Waals surface area (Å²) in [6.07, 6.45) is 3.03. The maximum atomic E-state index is 12.1. The second-order valence-electron chi connectivity index (χ2n) is 4.57. The Morgan fingerprint density at radius 3 is 2.91 bits per heavy atom. The number of H-pyrrole nitrogens is 1. The van der Waals surface area contributed by atoms with Crippen molar-refractivity contribution >= 4 is 36.4 Å². The molecule has 3 N–H and O–H groups in total. The molecular weight excluding hydrogens is 327 g/mol. The van der Waals surface area contributed by atoms with Gasteiger partial charge in [0, 0.05) is 36.7 Å². The van der Waals surface area contributed by atoms with Gasteiger partial charge in [-0.1, -0.05) is 12.1 Å². The van der Waals surface area contributed by atoms with Gasteiger partial charge in [-0.05, 0) is 12.1 Å². The van der Waals surface area contributed by atoms with Gasteiger partial charge in [0.1, 0.15) is 11.9 Å². The fourth-order valence-electron chi connectivity index (χ4n) is 2.12. The number of amides is 1. The minimum Gasteiger partial charge on any atom is -0.366 e. The number of aromatic nitrogens is 2. The van der Waals surface area contributed by atoms with Crippen molar-refractivity contribution in [2.24, 2.45) is 0 Å². The van der Waals surface area contributed by atoms with Gasteiger partial charge in [0.05, 0.1) is 6.61 Å². The zero-order valence-electron chi connectivity index (χ0n) is 11.7. The summed E-state index contributed by atoms with van der Waals surface area (Å²) in [7, 11) is 0. The molecule has 6 nitrogen and oxygen atoms in total. The summed E-state index contributed by atoms with van der Waals surface area (Å²) in [5, 5.41) is 6.00. The molecule has 1 unspecified atom stereocenters. The number of ether oxygens (including phenoxy) is 1. The molecule has 1 aromatic carbocycles. The standard InChI is InChI=1S/C14H16N4O2.2ClH/c19-14(12-9-15-6-7-20-12)18-11-3-1-2-10(8-11)13-16-4-5-17-13;;/h1-5,8,12,15H,6-7,9H2,(H,16,17)(H,18,19);2*1H. The van der Waals surface area contributed by atoms with Crippen molar-refractivity contribution in [2.75, 3.05) is 25.0 Å². The highest BCUT2D eigenvalue weighted by atomic mass is 35.5. The van der Waals surface area contributed by atoms with Crippen LogP contribution in [-0.2, 0) is 9.53 Å². The molecule has 0 saturated carbocycles. The Balaban J connectivity index is 0.00000121. The van der Waals surface area contributed by atoms with Crippen LogP contribution in [0.15, 0.2) is 36.7 Å². The van der Waals surface area contributed by atoms with Crippen molar-refractivity contribution in [3.8, 4) is 11.4 Å². The lowest BCUT2D eigenvalue weighted by Crippen LogP contribution is -2.45. The molecule has 120 valence electrons. The van der Waals surface area contributed by atoms with Crippen molar-refractivity contribution in [3.63, 3.8) is 0 Å². The van der Waals surface area contributed by atoms with E-state index in [9.17, 15) is 4.79 Å². The normalized spacial score (nSPS) is 17.0. The highest BCUT2D eigenvalue weighted by molar-refractivity contribution is 5.94. The average molecular weight is 345 g/mol. The molecule has 1 amide bonds. The molecule has 1 aliphatic heterocycles. The maximum absolute atomic E-state index is 12.1. The van der Waals surface area contributed by atoms with Gasteiger partial charge in [0.15, 0.2) is 0 Å². The van der Waals surface area contributed by atoms with Crippen LogP contribution in [-0.4, -0.2) is 41.7 Å². The predicted octanol–water partition coefficient (Wildman–Crippen LogP) is 1.85. The van der Waals surface area contributed by atoms with Crippen LogP contribution in [0.4, 0.5) is 5.69 Å². The number of aromatic amines is 1. The Morgan fingerprint density at radius 1 is 1.36 bits per heavy atom. The number of morpholine rings is 1. The summed E-state index contributed by atoms with van der Waals surface area (Å²) >= 11 is 0. The van der Waals surface area contributed by atoms with Crippen LogP contribution in [0.2, 0.25) is 0 Å². The zero-order valence-corrected chi connectivity index (χ0v) is 13.4. The van der Waals surface area contributed by atoms with Crippen LogP contribution in [0.5, 0.6) is 0 Å². The third-order valence-corrected chi connectivity index (χ3v) is 3.12. The van der Waals surface area contributed by atoms with Crippen LogP contribution in [0.25, 0.3) is 11.4 Å². The number of imidazole rings is 1. The first-order chi connectivity index (χ1) is 9.83. The summed E-state index contributed by atoms with van der Waals surface area (Å²) in [5.74, 6) is 0.644. The molecule has 1 fully saturated rings. The highest BCUT2D eigenvalue weighted by Crippen LogP contribution is 2.19.